The minimum Gasteiger partial charge on any atom is -0.369 e. The molecule has 1 N–H and O–H groups in total. The van der Waals surface area contributed by atoms with Crippen LogP contribution in [0.3, 0.4) is 0 Å². The predicted molar refractivity (Wildman–Crippen MR) is 122 cm³/mol. The maximum absolute atomic E-state index is 15.5. The third-order valence-electron chi connectivity index (χ3n) is 6.47. The number of fused-ring (bicyclic) bond motifs is 4. The zero-order chi connectivity index (χ0) is 22.7. The fourth-order valence-electron chi connectivity index (χ4n) is 4.88. The summed E-state index contributed by atoms with van der Waals surface area (Å²) >= 11 is 0. The van der Waals surface area contributed by atoms with E-state index in [2.05, 4.69) is 10.2 Å². The number of nitrogens with one attached hydrogen (secondary N) is 1. The first-order valence-corrected chi connectivity index (χ1v) is 10.9. The molecule has 2 aliphatic rings. The molecule has 2 aromatic heterocycles. The molecular weight excluding hydrogens is 426 g/mol. The van der Waals surface area contributed by atoms with Gasteiger partial charge in [0, 0.05) is 44.6 Å². The maximum atomic E-state index is 15.5. The van der Waals surface area contributed by atoms with Gasteiger partial charge < -0.3 is 14.8 Å². The number of piperazine rings is 1. The number of aromatic nitrogens is 2. The highest BCUT2D eigenvalue weighted by molar-refractivity contribution is 6.10. The van der Waals surface area contributed by atoms with Gasteiger partial charge in [-0.25, -0.2) is 8.78 Å². The van der Waals surface area contributed by atoms with E-state index in [4.69, 9.17) is 0 Å². The Balaban J connectivity index is 1.66. The van der Waals surface area contributed by atoms with E-state index in [0.29, 0.717) is 22.6 Å². The fourth-order valence-corrected chi connectivity index (χ4v) is 4.88. The minimum atomic E-state index is -0.647. The van der Waals surface area contributed by atoms with E-state index in [1.807, 2.05) is 10.6 Å². The van der Waals surface area contributed by atoms with Crippen LogP contribution >= 0.6 is 0 Å². The van der Waals surface area contributed by atoms with Crippen LogP contribution in [0.25, 0.3) is 22.3 Å². The third-order valence-corrected chi connectivity index (χ3v) is 6.47. The predicted octanol–water partition coefficient (Wildman–Crippen LogP) is 3.21. The van der Waals surface area contributed by atoms with Crippen molar-refractivity contribution in [2.75, 3.05) is 31.1 Å². The minimum absolute atomic E-state index is 0.0333. The number of carbonyl (C=O) groups is 1. The second-order valence-corrected chi connectivity index (χ2v) is 8.39. The molecular formula is C25H20F2N4O2. The Morgan fingerprint density at radius 2 is 1.73 bits per heavy atom. The average Bonchev–Trinajstić information content (AvgIpc) is 3.40. The van der Waals surface area contributed by atoms with Crippen molar-refractivity contribution in [3.05, 3.63) is 87.7 Å². The lowest BCUT2D eigenvalue weighted by molar-refractivity contribution is 0.0968. The highest BCUT2D eigenvalue weighted by Gasteiger charge is 2.34. The quantitative estimate of drug-likeness (QED) is 0.463. The molecule has 1 fully saturated rings. The molecule has 0 amide bonds. The van der Waals surface area contributed by atoms with Crippen molar-refractivity contribution in [1.29, 1.82) is 0 Å². The number of hydrogen-bond donors (Lipinski definition) is 1. The molecule has 6 nitrogen and oxygen atoms in total. The Morgan fingerprint density at radius 3 is 2.48 bits per heavy atom. The molecule has 0 atom stereocenters. The monoisotopic (exact) mass is 446 g/mol. The Kier molecular flexibility index (Phi) is 4.45. The van der Waals surface area contributed by atoms with E-state index in [1.54, 1.807) is 30.5 Å². The van der Waals surface area contributed by atoms with Crippen molar-refractivity contribution in [3.8, 4) is 11.4 Å². The van der Waals surface area contributed by atoms with Crippen molar-refractivity contribution >= 4 is 22.5 Å². The molecule has 8 heteroatoms. The second-order valence-electron chi connectivity index (χ2n) is 8.39. The Bertz CT molecular complexity index is 1480. The lowest BCUT2D eigenvalue weighted by Gasteiger charge is -2.30. The molecule has 0 saturated carbocycles. The summed E-state index contributed by atoms with van der Waals surface area (Å²) in [6.07, 6.45) is 1.60. The van der Waals surface area contributed by atoms with Crippen LogP contribution in [0.1, 0.15) is 15.9 Å². The zero-order valence-electron chi connectivity index (χ0n) is 17.6. The van der Waals surface area contributed by atoms with Crippen LogP contribution in [0.2, 0.25) is 0 Å². The van der Waals surface area contributed by atoms with E-state index >= 15 is 4.39 Å². The molecule has 4 heterocycles. The van der Waals surface area contributed by atoms with Crippen LogP contribution in [0, 0.1) is 11.6 Å². The molecule has 0 spiro atoms. The number of hydrogen-bond acceptors (Lipinski definition) is 4. The highest BCUT2D eigenvalue weighted by atomic mass is 19.1. The van der Waals surface area contributed by atoms with Crippen LogP contribution in [0.5, 0.6) is 0 Å². The van der Waals surface area contributed by atoms with Crippen LogP contribution in [-0.4, -0.2) is 41.2 Å². The molecule has 166 valence electrons. The summed E-state index contributed by atoms with van der Waals surface area (Å²) in [4.78, 5) is 28.5. The van der Waals surface area contributed by atoms with Crippen LogP contribution in [0.4, 0.5) is 14.5 Å². The summed E-state index contributed by atoms with van der Waals surface area (Å²) in [7, 11) is 0. The SMILES string of the molecule is O=C1c2c(n(Cc3ccc(F)cc3)c3cc(N4CCNCC4)cc(F)c3c2=O)-c2cccn21. The number of anilines is 1. The first-order valence-electron chi connectivity index (χ1n) is 10.9. The Morgan fingerprint density at radius 1 is 0.970 bits per heavy atom. The number of carbonyl (C=O) groups excluding carboxylic acids is 1. The highest BCUT2D eigenvalue weighted by Crippen LogP contribution is 2.35. The van der Waals surface area contributed by atoms with E-state index in [1.165, 1.54) is 22.8 Å². The molecule has 0 unspecified atom stereocenters. The lowest BCUT2D eigenvalue weighted by atomic mass is 10.0. The first-order chi connectivity index (χ1) is 16.0. The van der Waals surface area contributed by atoms with Crippen molar-refractivity contribution < 1.29 is 13.6 Å². The smallest absolute Gasteiger partial charge is 0.268 e. The molecule has 0 radical (unpaired) electrons. The third kappa shape index (κ3) is 3.01. The zero-order valence-corrected chi connectivity index (χ0v) is 17.6. The summed E-state index contributed by atoms with van der Waals surface area (Å²) in [5.74, 6) is -1.47. The van der Waals surface area contributed by atoms with Gasteiger partial charge in [0.1, 0.15) is 17.2 Å². The molecule has 0 bridgehead atoms. The van der Waals surface area contributed by atoms with Gasteiger partial charge in [-0.3, -0.25) is 14.2 Å². The van der Waals surface area contributed by atoms with Crippen molar-refractivity contribution in [1.82, 2.24) is 14.5 Å². The second kappa shape index (κ2) is 7.38. The van der Waals surface area contributed by atoms with Crippen molar-refractivity contribution in [2.24, 2.45) is 0 Å². The van der Waals surface area contributed by atoms with Gasteiger partial charge in [-0.1, -0.05) is 12.1 Å². The standard InChI is InChI=1S/C25H20F2N4O2/c26-16-5-3-15(4-6-16)14-31-20-13-17(29-10-7-28-8-11-29)12-18(27)21(20)24(32)22-23(31)19-2-1-9-30(19)25(22)33/h1-6,9,12-13,28H,7-8,10-11,14H2. The lowest BCUT2D eigenvalue weighted by Crippen LogP contribution is -2.43. The van der Waals surface area contributed by atoms with E-state index in [9.17, 15) is 14.0 Å². The van der Waals surface area contributed by atoms with Gasteiger partial charge in [0.05, 0.1) is 22.3 Å². The summed E-state index contributed by atoms with van der Waals surface area (Å²) in [6.45, 7) is 3.27. The molecule has 1 saturated heterocycles. The molecule has 2 aromatic carbocycles. The van der Waals surface area contributed by atoms with E-state index in [-0.39, 0.29) is 23.3 Å². The van der Waals surface area contributed by atoms with Crippen LogP contribution in [-0.2, 0) is 6.54 Å². The van der Waals surface area contributed by atoms with Gasteiger partial charge in [-0.15, -0.1) is 0 Å². The molecule has 0 aliphatic carbocycles. The van der Waals surface area contributed by atoms with Crippen molar-refractivity contribution in [2.45, 2.75) is 6.54 Å². The normalized spacial score (nSPS) is 15.2. The Labute approximate surface area is 187 Å². The van der Waals surface area contributed by atoms with Gasteiger partial charge >= 0.3 is 0 Å². The number of benzene rings is 2. The molecule has 6 rings (SSSR count). The average molecular weight is 446 g/mol. The molecule has 4 aromatic rings. The van der Waals surface area contributed by atoms with Gasteiger partial charge in [0.25, 0.3) is 5.91 Å². The summed E-state index contributed by atoms with van der Waals surface area (Å²) in [5, 5.41) is 3.18. The number of rotatable bonds is 3. The largest absolute Gasteiger partial charge is 0.369 e. The maximum Gasteiger partial charge on any atom is 0.268 e. The van der Waals surface area contributed by atoms with Gasteiger partial charge in [0.2, 0.25) is 5.43 Å². The van der Waals surface area contributed by atoms with E-state index < -0.39 is 17.2 Å². The van der Waals surface area contributed by atoms with Gasteiger partial charge in [0.15, 0.2) is 0 Å². The first kappa shape index (κ1) is 19.9. The van der Waals surface area contributed by atoms with Crippen LogP contribution < -0.4 is 15.6 Å². The van der Waals surface area contributed by atoms with Crippen LogP contribution in [0.15, 0.2) is 59.5 Å². The fraction of sp³-hybridized carbons (Fsp3) is 0.200. The Hall–Kier alpha value is -3.78. The number of nitrogens with zero attached hydrogens (tertiary/aromatic N) is 3. The van der Waals surface area contributed by atoms with Crippen molar-refractivity contribution in [3.63, 3.8) is 0 Å². The molecule has 33 heavy (non-hydrogen) atoms. The van der Waals surface area contributed by atoms with Gasteiger partial charge in [-0.05, 0) is 42.0 Å². The topological polar surface area (TPSA) is 59.3 Å². The summed E-state index contributed by atoms with van der Waals surface area (Å²) in [5.41, 5.74) is 2.29. The number of halogens is 2. The number of pyridine rings is 1. The van der Waals surface area contributed by atoms with Gasteiger partial charge in [-0.2, -0.15) is 0 Å². The summed E-state index contributed by atoms with van der Waals surface area (Å²) in [6, 6.07) is 12.7. The van der Waals surface area contributed by atoms with E-state index in [0.717, 1.165) is 31.7 Å². The molecule has 2 aliphatic heterocycles. The summed E-state index contributed by atoms with van der Waals surface area (Å²) < 4.78 is 32.2.